The summed E-state index contributed by atoms with van der Waals surface area (Å²) in [6.45, 7) is 8.85. The van der Waals surface area contributed by atoms with E-state index in [9.17, 15) is 9.18 Å². The van der Waals surface area contributed by atoms with Crippen LogP contribution in [0.4, 0.5) is 4.39 Å². The number of ether oxygens (including phenoxy) is 1. The molecule has 2 aromatic carbocycles. The van der Waals surface area contributed by atoms with E-state index in [1.807, 2.05) is 12.1 Å². The highest BCUT2D eigenvalue weighted by atomic mass is 35.5. The second-order valence-corrected chi connectivity index (χ2v) is 11.2. The molecule has 0 amide bonds. The Balaban J connectivity index is 1.22. The first-order valence-corrected chi connectivity index (χ1v) is 13.4. The number of carbonyl (C=O) groups is 1. The van der Waals surface area contributed by atoms with Crippen molar-refractivity contribution in [1.29, 1.82) is 0 Å². The molecule has 3 heterocycles. The fourth-order valence-electron chi connectivity index (χ4n) is 6.57. The van der Waals surface area contributed by atoms with Crippen LogP contribution in [0.3, 0.4) is 0 Å². The van der Waals surface area contributed by atoms with E-state index in [0.717, 1.165) is 92.3 Å². The highest BCUT2D eigenvalue weighted by molar-refractivity contribution is 6.31. The molecule has 4 nitrogen and oxygen atoms in total. The van der Waals surface area contributed by atoms with Gasteiger partial charge in [-0.2, -0.15) is 0 Å². The Hall–Kier alpha value is -2.63. The molecule has 0 radical (unpaired) electrons. The summed E-state index contributed by atoms with van der Waals surface area (Å²) in [7, 11) is 0. The molecule has 6 heteroatoms. The number of fused-ring (bicyclic) bond motifs is 3. The van der Waals surface area contributed by atoms with E-state index in [1.54, 1.807) is 0 Å². The third-order valence-electron chi connectivity index (χ3n) is 8.73. The van der Waals surface area contributed by atoms with Gasteiger partial charge in [-0.05, 0) is 67.9 Å². The van der Waals surface area contributed by atoms with Gasteiger partial charge in [0, 0.05) is 78.1 Å². The van der Waals surface area contributed by atoms with E-state index in [2.05, 4.69) is 34.4 Å². The highest BCUT2D eigenvalue weighted by Crippen LogP contribution is 2.47. The number of hydrogen-bond acceptors (Lipinski definition) is 3. The molecule has 1 spiro atoms. The molecule has 0 atom stereocenters. The van der Waals surface area contributed by atoms with Gasteiger partial charge in [-0.1, -0.05) is 30.3 Å². The maximum atomic E-state index is 13.8. The van der Waals surface area contributed by atoms with E-state index in [1.165, 1.54) is 17.5 Å². The topological polar surface area (TPSA) is 34.5 Å². The van der Waals surface area contributed by atoms with Crippen LogP contribution in [0.2, 0.25) is 5.02 Å². The lowest BCUT2D eigenvalue weighted by atomic mass is 9.73. The Labute approximate surface area is 216 Å². The predicted molar refractivity (Wildman–Crippen MR) is 142 cm³/mol. The maximum absolute atomic E-state index is 13.8. The minimum Gasteiger partial charge on any atom is -0.381 e. The Bertz CT molecular complexity index is 1330. The van der Waals surface area contributed by atoms with Crippen molar-refractivity contribution >= 4 is 34.0 Å². The minimum atomic E-state index is -0.335. The normalized spacial score (nSPS) is 19.8. The van der Waals surface area contributed by atoms with E-state index in [4.69, 9.17) is 16.3 Å². The third-order valence-corrected chi connectivity index (χ3v) is 8.96. The first-order chi connectivity index (χ1) is 17.4. The van der Waals surface area contributed by atoms with Crippen molar-refractivity contribution in [3.8, 4) is 0 Å². The number of halogens is 2. The van der Waals surface area contributed by atoms with Crippen molar-refractivity contribution < 1.29 is 13.9 Å². The van der Waals surface area contributed by atoms with Crippen LogP contribution in [0.25, 0.3) is 16.6 Å². The summed E-state index contributed by atoms with van der Waals surface area (Å²) in [4.78, 5) is 15.0. The lowest BCUT2D eigenvalue weighted by Gasteiger charge is -2.41. The first kappa shape index (κ1) is 23.7. The summed E-state index contributed by atoms with van der Waals surface area (Å²) in [6.07, 6.45) is 7.85. The maximum Gasteiger partial charge on any atom is 0.164 e. The number of benzene rings is 2. The van der Waals surface area contributed by atoms with E-state index < -0.39 is 0 Å². The Kier molecular flexibility index (Phi) is 6.17. The number of hydrogen-bond donors (Lipinski definition) is 0. The van der Waals surface area contributed by atoms with Gasteiger partial charge in [0.2, 0.25) is 0 Å². The van der Waals surface area contributed by atoms with Crippen LogP contribution in [-0.2, 0) is 16.7 Å². The van der Waals surface area contributed by atoms with Crippen molar-refractivity contribution in [2.24, 2.45) is 5.92 Å². The van der Waals surface area contributed by atoms with Crippen molar-refractivity contribution in [2.45, 2.75) is 50.5 Å². The number of carbonyl (C=O) groups excluding carboxylic acids is 1. The standard InChI is InChI=1S/C30H32ClFN2O2/c1-20(33-12-9-30(10-13-33)18-29(35)25-17-23(32)3-5-27(25)30)26-19-34(11-6-21-7-14-36-15-8-21)28-16-22(31)2-4-24(26)28/h2-5,16-17,19,21H,1,6-15,18H2. The summed E-state index contributed by atoms with van der Waals surface area (Å²) >= 11 is 6.40. The zero-order chi connectivity index (χ0) is 24.9. The number of Topliss-reactive ketones (excluding diaryl/α,β-unsaturated/α-hetero) is 1. The first-order valence-electron chi connectivity index (χ1n) is 13.1. The molecule has 2 fully saturated rings. The van der Waals surface area contributed by atoms with Gasteiger partial charge in [0.15, 0.2) is 5.78 Å². The summed E-state index contributed by atoms with van der Waals surface area (Å²) < 4.78 is 21.6. The van der Waals surface area contributed by atoms with Crippen LogP contribution in [0.5, 0.6) is 0 Å². The molecule has 36 heavy (non-hydrogen) atoms. The summed E-state index contributed by atoms with van der Waals surface area (Å²) in [6, 6.07) is 10.9. The second kappa shape index (κ2) is 9.35. The molecular formula is C30H32ClFN2O2. The molecule has 0 N–H and O–H groups in total. The zero-order valence-electron chi connectivity index (χ0n) is 20.6. The van der Waals surface area contributed by atoms with Crippen molar-refractivity contribution in [1.82, 2.24) is 9.47 Å². The molecule has 3 aromatic rings. The number of aryl methyl sites for hydroxylation is 1. The van der Waals surface area contributed by atoms with E-state index in [0.29, 0.717) is 17.9 Å². The van der Waals surface area contributed by atoms with Gasteiger partial charge in [0.25, 0.3) is 0 Å². The van der Waals surface area contributed by atoms with E-state index >= 15 is 0 Å². The molecule has 1 aromatic heterocycles. The van der Waals surface area contributed by atoms with Gasteiger partial charge >= 0.3 is 0 Å². The van der Waals surface area contributed by atoms with Crippen LogP contribution in [-0.4, -0.2) is 41.6 Å². The molecule has 2 saturated heterocycles. The van der Waals surface area contributed by atoms with Crippen LogP contribution >= 0.6 is 11.6 Å². The van der Waals surface area contributed by atoms with Gasteiger partial charge in [-0.15, -0.1) is 0 Å². The smallest absolute Gasteiger partial charge is 0.164 e. The van der Waals surface area contributed by atoms with Crippen molar-refractivity contribution in [2.75, 3.05) is 26.3 Å². The minimum absolute atomic E-state index is 0.0706. The van der Waals surface area contributed by atoms with Crippen LogP contribution < -0.4 is 0 Å². The van der Waals surface area contributed by atoms with Gasteiger partial charge < -0.3 is 14.2 Å². The van der Waals surface area contributed by atoms with Gasteiger partial charge in [0.1, 0.15) is 5.82 Å². The number of ketones is 1. The predicted octanol–water partition coefficient (Wildman–Crippen LogP) is 6.84. The second-order valence-electron chi connectivity index (χ2n) is 10.7. The molecule has 2 aliphatic heterocycles. The molecule has 3 aliphatic rings. The van der Waals surface area contributed by atoms with Crippen molar-refractivity contribution in [3.05, 3.63) is 76.7 Å². The number of aromatic nitrogens is 1. The fraction of sp³-hybridized carbons (Fsp3) is 0.433. The lowest BCUT2D eigenvalue weighted by molar-refractivity contribution is 0.0627. The SMILES string of the molecule is C=C(c1cn(CCC2CCOCC2)c2cc(Cl)ccc12)N1CCC2(CC1)CC(=O)c1cc(F)ccc12. The molecular weight excluding hydrogens is 475 g/mol. The number of rotatable bonds is 5. The van der Waals surface area contributed by atoms with Gasteiger partial charge in [-0.25, -0.2) is 4.39 Å². The lowest BCUT2D eigenvalue weighted by Crippen LogP contribution is -2.40. The highest BCUT2D eigenvalue weighted by Gasteiger charge is 2.45. The third kappa shape index (κ3) is 4.16. The Morgan fingerprint density at radius 3 is 2.69 bits per heavy atom. The summed E-state index contributed by atoms with van der Waals surface area (Å²) in [5.74, 6) is 0.435. The molecule has 6 rings (SSSR count). The molecule has 188 valence electrons. The van der Waals surface area contributed by atoms with Crippen molar-refractivity contribution in [3.63, 3.8) is 0 Å². The average molecular weight is 507 g/mol. The number of nitrogens with zero attached hydrogens (tertiary/aromatic N) is 2. The Morgan fingerprint density at radius 1 is 1.14 bits per heavy atom. The van der Waals surface area contributed by atoms with Crippen LogP contribution in [0.15, 0.2) is 49.2 Å². The molecule has 0 unspecified atom stereocenters. The van der Waals surface area contributed by atoms with E-state index in [-0.39, 0.29) is 17.0 Å². The number of likely N-dealkylation sites (tertiary alicyclic amines) is 1. The van der Waals surface area contributed by atoms with Gasteiger partial charge in [-0.3, -0.25) is 4.79 Å². The van der Waals surface area contributed by atoms with Crippen LogP contribution in [0, 0.1) is 11.7 Å². The molecule has 0 bridgehead atoms. The average Bonchev–Trinajstić information content (AvgIpc) is 3.37. The molecule has 1 aliphatic carbocycles. The fourth-order valence-corrected chi connectivity index (χ4v) is 6.73. The molecule has 0 saturated carbocycles. The summed E-state index contributed by atoms with van der Waals surface area (Å²) in [5, 5.41) is 1.92. The largest absolute Gasteiger partial charge is 0.381 e. The zero-order valence-corrected chi connectivity index (χ0v) is 21.3. The Morgan fingerprint density at radius 2 is 1.92 bits per heavy atom. The summed E-state index contributed by atoms with van der Waals surface area (Å²) in [5.41, 5.74) is 4.74. The monoisotopic (exact) mass is 506 g/mol. The van der Waals surface area contributed by atoms with Gasteiger partial charge in [0.05, 0.1) is 5.52 Å². The number of piperidine rings is 1. The quantitative estimate of drug-likeness (QED) is 0.380. The van der Waals surface area contributed by atoms with Crippen LogP contribution in [0.1, 0.15) is 60.0 Å².